The van der Waals surface area contributed by atoms with E-state index in [9.17, 15) is 13.2 Å². The maximum Gasteiger partial charge on any atom is 0.233 e. The number of hydrogen-bond acceptors (Lipinski definition) is 3. The monoisotopic (exact) mass is 260 g/mol. The van der Waals surface area contributed by atoms with E-state index in [0.717, 1.165) is 11.1 Å². The Bertz CT molecular complexity index is 506. The van der Waals surface area contributed by atoms with Crippen molar-refractivity contribution in [2.45, 2.75) is 20.3 Å². The summed E-state index contributed by atoms with van der Waals surface area (Å²) in [6.07, 6.45) is -0.0737. The number of ketones is 1. The Morgan fingerprint density at radius 1 is 1.31 bits per heavy atom. The minimum atomic E-state index is -3.60. The lowest BCUT2D eigenvalue weighted by Gasteiger charge is -2.05. The predicted octanol–water partition coefficient (Wildman–Crippen LogP) is 2.44. The van der Waals surface area contributed by atoms with Gasteiger partial charge in [0, 0.05) is 22.7 Å². The van der Waals surface area contributed by atoms with Gasteiger partial charge in [0.15, 0.2) is 5.78 Å². The Morgan fingerprint density at radius 2 is 1.94 bits per heavy atom. The third-order valence-corrected chi connectivity index (χ3v) is 3.41. The fourth-order valence-corrected chi connectivity index (χ4v) is 2.14. The van der Waals surface area contributed by atoms with Gasteiger partial charge < -0.3 is 0 Å². The summed E-state index contributed by atoms with van der Waals surface area (Å²) < 4.78 is 21.4. The van der Waals surface area contributed by atoms with Gasteiger partial charge in [0.25, 0.3) is 0 Å². The quantitative estimate of drug-likeness (QED) is 0.617. The van der Waals surface area contributed by atoms with Crippen LogP contribution in [0.2, 0.25) is 0 Å². The standard InChI is InChI=1S/C11H13ClO3S/c1-8-3-4-10(9(2)7-8)11(13)5-6-16(12,14)15/h3-4,7H,5-6H2,1-2H3. The van der Waals surface area contributed by atoms with Gasteiger partial charge in [-0.3, -0.25) is 4.79 Å². The number of carbonyl (C=O) groups is 1. The van der Waals surface area contributed by atoms with Crippen LogP contribution in [0, 0.1) is 13.8 Å². The highest BCUT2D eigenvalue weighted by atomic mass is 35.7. The Morgan fingerprint density at radius 3 is 2.44 bits per heavy atom. The molecule has 0 aliphatic rings. The average Bonchev–Trinajstić information content (AvgIpc) is 2.13. The first kappa shape index (κ1) is 13.2. The smallest absolute Gasteiger partial charge is 0.233 e. The molecule has 0 bridgehead atoms. The molecule has 0 aromatic heterocycles. The van der Waals surface area contributed by atoms with Gasteiger partial charge in [0.2, 0.25) is 9.05 Å². The minimum Gasteiger partial charge on any atom is -0.294 e. The van der Waals surface area contributed by atoms with Crippen molar-refractivity contribution in [2.24, 2.45) is 0 Å². The number of hydrogen-bond donors (Lipinski definition) is 0. The molecule has 0 saturated carbocycles. The summed E-state index contributed by atoms with van der Waals surface area (Å²) in [4.78, 5) is 11.7. The van der Waals surface area contributed by atoms with E-state index in [2.05, 4.69) is 0 Å². The van der Waals surface area contributed by atoms with Gasteiger partial charge >= 0.3 is 0 Å². The highest BCUT2D eigenvalue weighted by Crippen LogP contribution is 2.13. The zero-order chi connectivity index (χ0) is 12.3. The third kappa shape index (κ3) is 3.94. The van der Waals surface area contributed by atoms with Crippen molar-refractivity contribution < 1.29 is 13.2 Å². The maximum atomic E-state index is 11.7. The van der Waals surface area contributed by atoms with Gasteiger partial charge in [-0.2, -0.15) is 0 Å². The molecule has 0 N–H and O–H groups in total. The topological polar surface area (TPSA) is 51.2 Å². The van der Waals surface area contributed by atoms with Crippen LogP contribution in [0.4, 0.5) is 0 Å². The Balaban J connectivity index is 2.82. The summed E-state index contributed by atoms with van der Waals surface area (Å²) >= 11 is 0. The number of halogens is 1. The molecule has 0 radical (unpaired) electrons. The second kappa shape index (κ2) is 4.97. The summed E-state index contributed by atoms with van der Waals surface area (Å²) in [7, 11) is 1.45. The van der Waals surface area contributed by atoms with Gasteiger partial charge in [-0.05, 0) is 19.4 Å². The van der Waals surface area contributed by atoms with Crippen LogP contribution in [0.25, 0.3) is 0 Å². The van der Waals surface area contributed by atoms with Gasteiger partial charge in [-0.25, -0.2) is 8.42 Å². The first-order valence-electron chi connectivity index (χ1n) is 4.82. The first-order chi connectivity index (χ1) is 7.29. The molecule has 0 aliphatic carbocycles. The van der Waals surface area contributed by atoms with Crippen LogP contribution in [-0.4, -0.2) is 20.0 Å². The van der Waals surface area contributed by atoms with Crippen molar-refractivity contribution in [1.29, 1.82) is 0 Å². The molecule has 0 atom stereocenters. The SMILES string of the molecule is Cc1ccc(C(=O)CCS(=O)(=O)Cl)c(C)c1. The molecule has 3 nitrogen and oxygen atoms in total. The molecule has 1 aromatic carbocycles. The summed E-state index contributed by atoms with van der Waals surface area (Å²) in [5.41, 5.74) is 2.49. The van der Waals surface area contributed by atoms with Gasteiger partial charge in [-0.15, -0.1) is 0 Å². The summed E-state index contributed by atoms with van der Waals surface area (Å²) in [6.45, 7) is 3.76. The number of Topliss-reactive ketones (excluding diaryl/α,β-unsaturated/α-hetero) is 1. The zero-order valence-corrected chi connectivity index (χ0v) is 10.7. The molecule has 0 saturated heterocycles. The fourth-order valence-electron chi connectivity index (χ4n) is 1.48. The van der Waals surface area contributed by atoms with E-state index in [0.29, 0.717) is 5.56 Å². The fraction of sp³-hybridized carbons (Fsp3) is 0.364. The average molecular weight is 261 g/mol. The van der Waals surface area contributed by atoms with E-state index in [1.807, 2.05) is 26.0 Å². The summed E-state index contributed by atoms with van der Waals surface area (Å²) in [5.74, 6) is -0.512. The molecule has 1 aromatic rings. The van der Waals surface area contributed by atoms with E-state index in [4.69, 9.17) is 10.7 Å². The van der Waals surface area contributed by atoms with Crippen molar-refractivity contribution in [3.8, 4) is 0 Å². The zero-order valence-electron chi connectivity index (χ0n) is 9.16. The number of carbonyl (C=O) groups excluding carboxylic acids is 1. The van der Waals surface area contributed by atoms with E-state index in [-0.39, 0.29) is 18.0 Å². The second-order valence-corrected chi connectivity index (χ2v) is 6.63. The molecule has 0 aliphatic heterocycles. The lowest BCUT2D eigenvalue weighted by atomic mass is 10.0. The molecule has 0 spiro atoms. The van der Waals surface area contributed by atoms with Crippen molar-refractivity contribution in [3.05, 3.63) is 34.9 Å². The molecule has 16 heavy (non-hydrogen) atoms. The van der Waals surface area contributed by atoms with E-state index < -0.39 is 9.05 Å². The third-order valence-electron chi connectivity index (χ3n) is 2.26. The maximum absolute atomic E-state index is 11.7. The first-order valence-corrected chi connectivity index (χ1v) is 7.30. The van der Waals surface area contributed by atoms with Gasteiger partial charge in [0.1, 0.15) is 0 Å². The molecular weight excluding hydrogens is 248 g/mol. The van der Waals surface area contributed by atoms with Crippen molar-refractivity contribution in [2.75, 3.05) is 5.75 Å². The molecule has 5 heteroatoms. The molecule has 0 heterocycles. The molecular formula is C11H13ClO3S. The Labute approximate surface area is 99.9 Å². The van der Waals surface area contributed by atoms with Gasteiger partial charge in [0.05, 0.1) is 5.75 Å². The largest absolute Gasteiger partial charge is 0.294 e. The lowest BCUT2D eigenvalue weighted by Crippen LogP contribution is -2.08. The summed E-state index contributed by atoms with van der Waals surface area (Å²) in [6, 6.07) is 5.44. The van der Waals surface area contributed by atoms with Crippen molar-refractivity contribution in [1.82, 2.24) is 0 Å². The van der Waals surface area contributed by atoms with Crippen LogP contribution in [0.1, 0.15) is 27.9 Å². The second-order valence-electron chi connectivity index (χ2n) is 3.73. The van der Waals surface area contributed by atoms with E-state index in [1.165, 1.54) is 0 Å². The molecule has 0 fully saturated rings. The van der Waals surface area contributed by atoms with Crippen LogP contribution in [0.5, 0.6) is 0 Å². The molecule has 88 valence electrons. The normalized spacial score (nSPS) is 11.4. The Hall–Kier alpha value is -0.870. The van der Waals surface area contributed by atoms with Gasteiger partial charge in [-0.1, -0.05) is 23.8 Å². The van der Waals surface area contributed by atoms with E-state index >= 15 is 0 Å². The summed E-state index contributed by atoms with van der Waals surface area (Å²) in [5, 5.41) is 0. The lowest BCUT2D eigenvalue weighted by molar-refractivity contribution is 0.0988. The van der Waals surface area contributed by atoms with Crippen LogP contribution in [0.3, 0.4) is 0 Å². The Kier molecular flexibility index (Phi) is 4.10. The highest BCUT2D eigenvalue weighted by molar-refractivity contribution is 8.13. The van der Waals surface area contributed by atoms with Crippen LogP contribution in [0.15, 0.2) is 18.2 Å². The van der Waals surface area contributed by atoms with Crippen LogP contribution in [-0.2, 0) is 9.05 Å². The van der Waals surface area contributed by atoms with Crippen LogP contribution >= 0.6 is 10.7 Å². The number of rotatable bonds is 4. The van der Waals surface area contributed by atoms with E-state index in [1.54, 1.807) is 6.07 Å². The molecule has 1 rings (SSSR count). The van der Waals surface area contributed by atoms with Crippen LogP contribution < -0.4 is 0 Å². The molecule has 0 amide bonds. The minimum absolute atomic E-state index is 0.0737. The molecule has 0 unspecified atom stereocenters. The van der Waals surface area contributed by atoms with Crippen molar-refractivity contribution >= 4 is 25.5 Å². The number of benzene rings is 1. The predicted molar refractivity (Wildman–Crippen MR) is 64.5 cm³/mol. The highest BCUT2D eigenvalue weighted by Gasteiger charge is 2.13. The van der Waals surface area contributed by atoms with Crippen molar-refractivity contribution in [3.63, 3.8) is 0 Å². The number of aryl methyl sites for hydroxylation is 2.